The Labute approximate surface area is 118 Å². The zero-order valence-electron chi connectivity index (χ0n) is 12.1. The van der Waals surface area contributed by atoms with Crippen LogP contribution in [0.15, 0.2) is 48.5 Å². The third-order valence-electron chi connectivity index (χ3n) is 4.09. The van der Waals surface area contributed by atoms with E-state index in [0.717, 1.165) is 5.92 Å². The van der Waals surface area contributed by atoms with Crippen molar-refractivity contribution in [2.75, 3.05) is 0 Å². The molecule has 0 spiro atoms. The molecule has 19 heavy (non-hydrogen) atoms. The second kappa shape index (κ2) is 7.99. The molecule has 0 heterocycles. The van der Waals surface area contributed by atoms with E-state index in [1.807, 2.05) is 0 Å². The Morgan fingerprint density at radius 1 is 0.684 bits per heavy atom. The van der Waals surface area contributed by atoms with Gasteiger partial charge in [-0.25, -0.2) is 0 Å². The Bertz CT molecular complexity index is 396. The maximum absolute atomic E-state index is 2.31. The molecule has 0 nitrogen and oxygen atoms in total. The Hall–Kier alpha value is -1.30. The fraction of sp³-hybridized carbons (Fsp3) is 0.474. The van der Waals surface area contributed by atoms with Crippen LogP contribution in [-0.2, 0) is 0 Å². The Balaban J connectivity index is 2.21. The average molecular weight is 254 g/mol. The molecular formula is C19H26. The molecule has 0 amide bonds. The molecule has 0 radical (unpaired) electrons. The van der Waals surface area contributed by atoms with Crippen LogP contribution in [0.5, 0.6) is 0 Å². The minimum absolute atomic E-state index is 0.763. The number of hydrogen-bond donors (Lipinski definition) is 0. The highest BCUT2D eigenvalue weighted by Gasteiger charge is 2.12. The summed E-state index contributed by atoms with van der Waals surface area (Å²) < 4.78 is 0. The van der Waals surface area contributed by atoms with Gasteiger partial charge in [-0.2, -0.15) is 0 Å². The summed E-state index contributed by atoms with van der Waals surface area (Å²) in [7, 11) is 0. The summed E-state index contributed by atoms with van der Waals surface area (Å²) >= 11 is 0. The van der Waals surface area contributed by atoms with E-state index in [9.17, 15) is 0 Å². The minimum Gasteiger partial charge on any atom is -0.0620 e. The number of rotatable bonds is 1. The van der Waals surface area contributed by atoms with Gasteiger partial charge in [0.1, 0.15) is 0 Å². The first-order valence-electron chi connectivity index (χ1n) is 7.76. The molecule has 1 aromatic carbocycles. The van der Waals surface area contributed by atoms with E-state index >= 15 is 0 Å². The lowest BCUT2D eigenvalue weighted by molar-refractivity contribution is 0.456. The van der Waals surface area contributed by atoms with Gasteiger partial charge in [0.05, 0.1) is 0 Å². The molecule has 1 saturated carbocycles. The van der Waals surface area contributed by atoms with Gasteiger partial charge in [-0.05, 0) is 31.2 Å². The third-order valence-corrected chi connectivity index (χ3v) is 4.09. The highest BCUT2D eigenvalue weighted by Crippen LogP contribution is 2.30. The largest absolute Gasteiger partial charge is 0.0620 e. The van der Waals surface area contributed by atoms with Crippen LogP contribution in [0.4, 0.5) is 0 Å². The predicted molar refractivity (Wildman–Crippen MR) is 83.9 cm³/mol. The number of hydrogen-bond acceptors (Lipinski definition) is 0. The van der Waals surface area contributed by atoms with Crippen molar-refractivity contribution in [1.82, 2.24) is 0 Å². The van der Waals surface area contributed by atoms with Crippen molar-refractivity contribution in [2.24, 2.45) is 0 Å². The van der Waals surface area contributed by atoms with Gasteiger partial charge in [-0.15, -0.1) is 0 Å². The first-order chi connectivity index (χ1) is 9.36. The molecule has 1 aromatic rings. The summed E-state index contributed by atoms with van der Waals surface area (Å²) in [5.74, 6) is 0.763. The van der Waals surface area contributed by atoms with Crippen molar-refractivity contribution in [2.45, 2.75) is 57.8 Å². The van der Waals surface area contributed by atoms with Crippen LogP contribution in [0.1, 0.15) is 62.0 Å². The monoisotopic (exact) mass is 254 g/mol. The van der Waals surface area contributed by atoms with E-state index in [0.29, 0.717) is 0 Å². The lowest BCUT2D eigenvalue weighted by Crippen LogP contribution is -2.01. The minimum atomic E-state index is 0.763. The van der Waals surface area contributed by atoms with Crippen molar-refractivity contribution >= 4 is 0 Å². The molecule has 0 aromatic heterocycles. The maximum atomic E-state index is 2.31. The van der Waals surface area contributed by atoms with Crippen LogP contribution in [0.3, 0.4) is 0 Å². The van der Waals surface area contributed by atoms with Gasteiger partial charge in [-0.1, -0.05) is 86.2 Å². The standard InChI is InChI=1S/C19H26/c1-17-11-7-9-15-19(16-10-8-12-17)18-13-5-3-2-4-6-14-18/h7-12,15-16,18H,2-6,13-14H2,1H3. The van der Waals surface area contributed by atoms with Crippen LogP contribution in [0, 0.1) is 6.92 Å². The van der Waals surface area contributed by atoms with E-state index < -0.39 is 0 Å². The summed E-state index contributed by atoms with van der Waals surface area (Å²) in [6.45, 7) is 2.13. The molecule has 1 aliphatic rings. The molecule has 0 bridgehead atoms. The molecule has 0 atom stereocenters. The molecule has 0 aliphatic heterocycles. The van der Waals surface area contributed by atoms with Crippen LogP contribution >= 0.6 is 0 Å². The molecule has 0 unspecified atom stereocenters. The van der Waals surface area contributed by atoms with Crippen molar-refractivity contribution in [3.63, 3.8) is 0 Å². The van der Waals surface area contributed by atoms with E-state index in [1.165, 1.54) is 56.1 Å². The maximum Gasteiger partial charge on any atom is -0.0162 e. The van der Waals surface area contributed by atoms with Crippen LogP contribution in [0.25, 0.3) is 0 Å². The fourth-order valence-electron chi connectivity index (χ4n) is 2.92. The highest BCUT2D eigenvalue weighted by molar-refractivity contribution is 5.18. The Morgan fingerprint density at radius 3 is 1.74 bits per heavy atom. The molecule has 0 N–H and O–H groups in total. The van der Waals surface area contributed by atoms with Crippen LogP contribution in [0.2, 0.25) is 0 Å². The molecule has 0 heteroatoms. The lowest BCUT2D eigenvalue weighted by Gasteiger charge is -2.19. The molecule has 102 valence electrons. The average Bonchev–Trinajstić information content (AvgIpc) is 2.37. The first kappa shape index (κ1) is 14.1. The van der Waals surface area contributed by atoms with Crippen molar-refractivity contribution in [1.29, 1.82) is 0 Å². The van der Waals surface area contributed by atoms with E-state index in [2.05, 4.69) is 55.5 Å². The third kappa shape index (κ3) is 5.06. The molecule has 1 aliphatic carbocycles. The Morgan fingerprint density at radius 2 is 1.16 bits per heavy atom. The van der Waals surface area contributed by atoms with Gasteiger partial charge in [0.2, 0.25) is 0 Å². The zero-order chi connectivity index (χ0) is 13.3. The quantitative estimate of drug-likeness (QED) is 0.581. The summed E-state index contributed by atoms with van der Waals surface area (Å²) in [6, 6.07) is 17.7. The smallest absolute Gasteiger partial charge is 0.0162 e. The van der Waals surface area contributed by atoms with Crippen LogP contribution in [-0.4, -0.2) is 0 Å². The molecule has 1 fully saturated rings. The second-order valence-corrected chi connectivity index (χ2v) is 5.72. The summed E-state index contributed by atoms with van der Waals surface area (Å²) in [5.41, 5.74) is 2.81. The van der Waals surface area contributed by atoms with Gasteiger partial charge in [-0.3, -0.25) is 0 Å². The summed E-state index contributed by atoms with van der Waals surface area (Å²) in [5, 5.41) is 0. The van der Waals surface area contributed by atoms with Gasteiger partial charge >= 0.3 is 0 Å². The predicted octanol–water partition coefficient (Wildman–Crippen LogP) is 5.95. The SMILES string of the molecule is Cc1ccccc(C2CCCCCCC2)cccc1. The van der Waals surface area contributed by atoms with E-state index in [1.54, 1.807) is 0 Å². The van der Waals surface area contributed by atoms with Crippen molar-refractivity contribution in [3.05, 3.63) is 59.7 Å². The lowest BCUT2D eigenvalue weighted by atomic mass is 9.86. The number of aryl methyl sites for hydroxylation is 1. The molecular weight excluding hydrogens is 228 g/mol. The van der Waals surface area contributed by atoms with Crippen molar-refractivity contribution in [3.8, 4) is 0 Å². The van der Waals surface area contributed by atoms with Crippen molar-refractivity contribution < 1.29 is 0 Å². The van der Waals surface area contributed by atoms with E-state index in [4.69, 9.17) is 0 Å². The molecule has 2 rings (SSSR count). The summed E-state index contributed by atoms with van der Waals surface area (Å²) in [4.78, 5) is 0. The molecule has 0 saturated heterocycles. The zero-order valence-corrected chi connectivity index (χ0v) is 12.1. The van der Waals surface area contributed by atoms with Gasteiger partial charge in [0.15, 0.2) is 0 Å². The topological polar surface area (TPSA) is 0 Å². The fourth-order valence-corrected chi connectivity index (χ4v) is 2.92. The summed E-state index contributed by atoms with van der Waals surface area (Å²) in [6.07, 6.45) is 9.80. The highest BCUT2D eigenvalue weighted by atomic mass is 14.2. The Kier molecular flexibility index (Phi) is 5.94. The van der Waals surface area contributed by atoms with Crippen LogP contribution < -0.4 is 0 Å². The van der Waals surface area contributed by atoms with E-state index in [-0.39, 0.29) is 0 Å². The van der Waals surface area contributed by atoms with Gasteiger partial charge < -0.3 is 0 Å². The first-order valence-corrected chi connectivity index (χ1v) is 7.76. The van der Waals surface area contributed by atoms with Gasteiger partial charge in [0, 0.05) is 0 Å². The van der Waals surface area contributed by atoms with Gasteiger partial charge in [0.25, 0.3) is 0 Å². The normalized spacial score (nSPS) is 17.1. The second-order valence-electron chi connectivity index (χ2n) is 5.72.